The van der Waals surface area contributed by atoms with E-state index in [1.807, 2.05) is 35.2 Å². The van der Waals surface area contributed by atoms with E-state index in [2.05, 4.69) is 5.10 Å². The van der Waals surface area contributed by atoms with Crippen LogP contribution in [0, 0.1) is 24.0 Å². The van der Waals surface area contributed by atoms with Crippen LogP contribution >= 0.6 is 0 Å². The smallest absolute Gasteiger partial charge is 0.312 e. The highest BCUT2D eigenvalue weighted by Gasteiger charge is 2.31. The molecule has 1 aliphatic rings. The van der Waals surface area contributed by atoms with Gasteiger partial charge < -0.3 is 4.90 Å². The zero-order valence-corrected chi connectivity index (χ0v) is 13.8. The topological polar surface area (TPSA) is 81.3 Å². The molecule has 1 aromatic carbocycles. The number of aromatic nitrogens is 2. The monoisotopic (exact) mass is 328 g/mol. The Hall–Kier alpha value is -2.70. The average Bonchev–Trinajstić information content (AvgIpc) is 3.13. The number of rotatable bonds is 4. The lowest BCUT2D eigenvalue weighted by atomic mass is 10.0. The van der Waals surface area contributed by atoms with E-state index in [1.54, 1.807) is 13.8 Å². The molecule has 0 aliphatic carbocycles. The molecule has 7 nitrogen and oxygen atoms in total. The second-order valence-corrected chi connectivity index (χ2v) is 6.09. The molecule has 7 heteroatoms. The summed E-state index contributed by atoms with van der Waals surface area (Å²) in [4.78, 5) is 25.2. The number of benzene rings is 1. The summed E-state index contributed by atoms with van der Waals surface area (Å²) in [6.07, 6.45) is 1.90. The van der Waals surface area contributed by atoms with Gasteiger partial charge in [0.1, 0.15) is 17.9 Å². The number of carbonyl (C=O) groups excluding carboxylic acids is 1. The van der Waals surface area contributed by atoms with Gasteiger partial charge in [-0.15, -0.1) is 0 Å². The van der Waals surface area contributed by atoms with Crippen LogP contribution in [0.1, 0.15) is 35.8 Å². The second-order valence-electron chi connectivity index (χ2n) is 6.09. The van der Waals surface area contributed by atoms with Crippen LogP contribution in [0.3, 0.4) is 0 Å². The fraction of sp³-hybridized carbons (Fsp3) is 0.412. The Labute approximate surface area is 140 Å². The summed E-state index contributed by atoms with van der Waals surface area (Å²) in [5.41, 5.74) is 1.87. The normalized spacial score (nSPS) is 17.2. The molecule has 1 unspecified atom stereocenters. The van der Waals surface area contributed by atoms with Gasteiger partial charge in [0, 0.05) is 6.54 Å². The minimum absolute atomic E-state index is 0.0103. The number of hydrogen-bond donors (Lipinski definition) is 0. The molecule has 0 spiro atoms. The van der Waals surface area contributed by atoms with Crippen molar-refractivity contribution >= 4 is 11.6 Å². The maximum atomic E-state index is 12.7. The maximum absolute atomic E-state index is 12.7. The number of amides is 1. The zero-order chi connectivity index (χ0) is 17.3. The zero-order valence-electron chi connectivity index (χ0n) is 13.8. The average molecular weight is 328 g/mol. The molecule has 2 heterocycles. The van der Waals surface area contributed by atoms with Crippen molar-refractivity contribution < 1.29 is 9.72 Å². The molecule has 3 rings (SSSR count). The van der Waals surface area contributed by atoms with Crippen molar-refractivity contribution in [2.75, 3.05) is 6.54 Å². The lowest BCUT2D eigenvalue weighted by molar-refractivity contribution is -0.386. The van der Waals surface area contributed by atoms with Gasteiger partial charge in [-0.1, -0.05) is 30.3 Å². The third kappa shape index (κ3) is 2.89. The predicted molar refractivity (Wildman–Crippen MR) is 88.5 cm³/mol. The molecule has 24 heavy (non-hydrogen) atoms. The first kappa shape index (κ1) is 16.2. The van der Waals surface area contributed by atoms with E-state index < -0.39 is 4.92 Å². The molecule has 1 amide bonds. The molecule has 1 saturated heterocycles. The van der Waals surface area contributed by atoms with Crippen molar-refractivity contribution in [3.63, 3.8) is 0 Å². The molecule has 1 atom stereocenters. The molecule has 1 fully saturated rings. The van der Waals surface area contributed by atoms with Crippen molar-refractivity contribution in [1.29, 1.82) is 0 Å². The summed E-state index contributed by atoms with van der Waals surface area (Å²) in [6, 6.07) is 10.0. The minimum Gasteiger partial charge on any atom is -0.334 e. The number of nitro groups is 1. The standard InChI is InChI=1S/C17H20N4O3/c1-12-17(21(23)24)13(2)20(18-12)11-16(22)19-10-6-9-15(19)14-7-4-3-5-8-14/h3-5,7-8,15H,6,9-11H2,1-2H3. The van der Waals surface area contributed by atoms with Crippen LogP contribution in [0.5, 0.6) is 0 Å². The van der Waals surface area contributed by atoms with Gasteiger partial charge in [0.25, 0.3) is 0 Å². The van der Waals surface area contributed by atoms with Crippen molar-refractivity contribution in [3.8, 4) is 0 Å². The van der Waals surface area contributed by atoms with Crippen molar-refractivity contribution in [2.45, 2.75) is 39.3 Å². The highest BCUT2D eigenvalue weighted by atomic mass is 16.6. The van der Waals surface area contributed by atoms with Crippen LogP contribution < -0.4 is 0 Å². The minimum atomic E-state index is -0.443. The van der Waals surface area contributed by atoms with Crippen LogP contribution in [-0.2, 0) is 11.3 Å². The number of nitrogens with zero attached hydrogens (tertiary/aromatic N) is 4. The lowest BCUT2D eigenvalue weighted by Crippen LogP contribution is -2.34. The molecule has 1 aromatic heterocycles. The number of likely N-dealkylation sites (tertiary alicyclic amines) is 1. The fourth-order valence-electron chi connectivity index (χ4n) is 3.41. The van der Waals surface area contributed by atoms with Crippen LogP contribution in [0.15, 0.2) is 30.3 Å². The summed E-state index contributed by atoms with van der Waals surface area (Å²) < 4.78 is 1.44. The van der Waals surface area contributed by atoms with Gasteiger partial charge in [0.05, 0.1) is 11.0 Å². The van der Waals surface area contributed by atoms with E-state index in [4.69, 9.17) is 0 Å². The maximum Gasteiger partial charge on any atom is 0.312 e. The molecule has 2 aromatic rings. The highest BCUT2D eigenvalue weighted by molar-refractivity contribution is 5.77. The second kappa shape index (κ2) is 6.43. The summed E-state index contributed by atoms with van der Waals surface area (Å²) in [7, 11) is 0. The molecule has 0 saturated carbocycles. The van der Waals surface area contributed by atoms with Gasteiger partial charge in [-0.05, 0) is 32.3 Å². The van der Waals surface area contributed by atoms with Gasteiger partial charge in [0.15, 0.2) is 0 Å². The molecule has 0 bridgehead atoms. The Morgan fingerprint density at radius 2 is 2.04 bits per heavy atom. The summed E-state index contributed by atoms with van der Waals surface area (Å²) >= 11 is 0. The first-order valence-corrected chi connectivity index (χ1v) is 8.02. The van der Waals surface area contributed by atoms with Crippen molar-refractivity contribution in [3.05, 3.63) is 57.4 Å². The Morgan fingerprint density at radius 1 is 1.33 bits per heavy atom. The molecule has 1 aliphatic heterocycles. The third-order valence-electron chi connectivity index (χ3n) is 4.57. The van der Waals surface area contributed by atoms with E-state index in [0.717, 1.165) is 18.4 Å². The fourth-order valence-corrected chi connectivity index (χ4v) is 3.41. The van der Waals surface area contributed by atoms with E-state index in [9.17, 15) is 14.9 Å². The molecular weight excluding hydrogens is 308 g/mol. The first-order chi connectivity index (χ1) is 11.5. The van der Waals surface area contributed by atoms with E-state index >= 15 is 0 Å². The van der Waals surface area contributed by atoms with E-state index in [0.29, 0.717) is 17.9 Å². The summed E-state index contributed by atoms with van der Waals surface area (Å²) in [5, 5.41) is 15.3. The van der Waals surface area contributed by atoms with E-state index in [1.165, 1.54) is 4.68 Å². The Balaban J connectivity index is 1.80. The highest BCUT2D eigenvalue weighted by Crippen LogP contribution is 2.32. The summed E-state index contributed by atoms with van der Waals surface area (Å²) in [6.45, 7) is 3.96. The SMILES string of the molecule is Cc1nn(CC(=O)N2CCCC2c2ccccc2)c(C)c1[N+](=O)[O-]. The number of carbonyl (C=O) groups is 1. The van der Waals surface area contributed by atoms with Gasteiger partial charge >= 0.3 is 5.69 Å². The molecule has 126 valence electrons. The van der Waals surface area contributed by atoms with Gasteiger partial charge in [-0.3, -0.25) is 19.6 Å². The third-order valence-corrected chi connectivity index (χ3v) is 4.57. The van der Waals surface area contributed by atoms with Gasteiger partial charge in [-0.2, -0.15) is 5.10 Å². The van der Waals surface area contributed by atoms with Crippen LogP contribution in [0.2, 0.25) is 0 Å². The van der Waals surface area contributed by atoms with Gasteiger partial charge in [0.2, 0.25) is 5.91 Å². The van der Waals surface area contributed by atoms with Crippen molar-refractivity contribution in [1.82, 2.24) is 14.7 Å². The molecule has 0 radical (unpaired) electrons. The van der Waals surface area contributed by atoms with Crippen LogP contribution in [-0.4, -0.2) is 32.1 Å². The van der Waals surface area contributed by atoms with Crippen LogP contribution in [0.4, 0.5) is 5.69 Å². The lowest BCUT2D eigenvalue weighted by Gasteiger charge is -2.25. The Kier molecular flexibility index (Phi) is 4.33. The van der Waals surface area contributed by atoms with Crippen molar-refractivity contribution in [2.24, 2.45) is 0 Å². The molecule has 0 N–H and O–H groups in total. The summed E-state index contributed by atoms with van der Waals surface area (Å²) in [5.74, 6) is -0.0538. The number of aryl methyl sites for hydroxylation is 1. The largest absolute Gasteiger partial charge is 0.334 e. The first-order valence-electron chi connectivity index (χ1n) is 8.02. The van der Waals surface area contributed by atoms with E-state index in [-0.39, 0.29) is 24.2 Å². The Bertz CT molecular complexity index is 770. The van der Waals surface area contributed by atoms with Gasteiger partial charge in [-0.25, -0.2) is 0 Å². The Morgan fingerprint density at radius 3 is 2.67 bits per heavy atom. The number of hydrogen-bond acceptors (Lipinski definition) is 4. The van der Waals surface area contributed by atoms with Crippen LogP contribution in [0.25, 0.3) is 0 Å². The molecular formula is C17H20N4O3. The quantitative estimate of drug-likeness (QED) is 0.638. The predicted octanol–water partition coefficient (Wildman–Crippen LogP) is 2.77.